The first-order valence-corrected chi connectivity index (χ1v) is 6.60. The number of rotatable bonds is 5. The van der Waals surface area contributed by atoms with Gasteiger partial charge in [-0.2, -0.15) is 0 Å². The molecule has 1 saturated heterocycles. The number of carbonyl (C=O) groups excluding carboxylic acids is 1. The average molecular weight is 262 g/mol. The normalized spacial score (nSPS) is 22.9. The van der Waals surface area contributed by atoms with Crippen molar-refractivity contribution in [1.82, 2.24) is 4.90 Å². The zero-order valence-electron chi connectivity index (χ0n) is 8.97. The first kappa shape index (κ1) is 12.0. The zero-order valence-corrected chi connectivity index (χ0v) is 10.6. The van der Waals surface area contributed by atoms with Crippen LogP contribution in [0.3, 0.4) is 0 Å². The summed E-state index contributed by atoms with van der Waals surface area (Å²) in [7, 11) is 0. The van der Waals surface area contributed by atoms with Gasteiger partial charge >= 0.3 is 0 Å². The quantitative estimate of drug-likeness (QED) is 0.551. The van der Waals surface area contributed by atoms with Crippen molar-refractivity contribution in [2.45, 2.75) is 50.3 Å². The molecule has 1 atom stereocenters. The molecule has 1 heterocycles. The van der Waals surface area contributed by atoms with Crippen LogP contribution in [0.1, 0.15) is 45.4 Å². The van der Waals surface area contributed by atoms with Crippen LogP contribution in [0.25, 0.3) is 0 Å². The molecule has 1 rings (SSSR count). The Kier molecular flexibility index (Phi) is 5.53. The number of hydrogen-bond donors (Lipinski definition) is 0. The van der Waals surface area contributed by atoms with Crippen molar-refractivity contribution in [3.05, 3.63) is 0 Å². The first-order chi connectivity index (χ1) is 6.75. The van der Waals surface area contributed by atoms with E-state index in [0.717, 1.165) is 25.9 Å². The summed E-state index contributed by atoms with van der Waals surface area (Å²) in [6.07, 6.45) is 7.13. The highest BCUT2D eigenvalue weighted by atomic mass is 79.9. The topological polar surface area (TPSA) is 20.3 Å². The molecule has 82 valence electrons. The number of carbonyl (C=O) groups is 1. The van der Waals surface area contributed by atoms with Crippen LogP contribution in [-0.4, -0.2) is 28.7 Å². The van der Waals surface area contributed by atoms with E-state index < -0.39 is 0 Å². The van der Waals surface area contributed by atoms with Crippen LogP contribution in [0.15, 0.2) is 0 Å². The van der Waals surface area contributed by atoms with Gasteiger partial charge in [0.2, 0.25) is 5.91 Å². The standard InChI is InChI=1S/C11H20BrNO/c1-2-3-4-5-8-13-9-6-7-10(12)11(13)14/h10H,2-9H2,1H3. The lowest BCUT2D eigenvalue weighted by Gasteiger charge is -2.29. The highest BCUT2D eigenvalue weighted by Crippen LogP contribution is 2.18. The Bertz CT molecular complexity index is 184. The number of piperidine rings is 1. The van der Waals surface area contributed by atoms with E-state index in [1.165, 1.54) is 25.7 Å². The van der Waals surface area contributed by atoms with E-state index in [1.807, 2.05) is 4.90 Å². The number of alkyl halides is 1. The fraction of sp³-hybridized carbons (Fsp3) is 0.909. The van der Waals surface area contributed by atoms with Gasteiger partial charge in [0.05, 0.1) is 4.83 Å². The predicted molar refractivity (Wildman–Crippen MR) is 62.7 cm³/mol. The maximum atomic E-state index is 11.7. The molecule has 0 aromatic carbocycles. The van der Waals surface area contributed by atoms with E-state index in [2.05, 4.69) is 22.9 Å². The van der Waals surface area contributed by atoms with E-state index in [0.29, 0.717) is 5.91 Å². The van der Waals surface area contributed by atoms with Gasteiger partial charge in [-0.3, -0.25) is 4.79 Å². The van der Waals surface area contributed by atoms with Gasteiger partial charge in [-0.25, -0.2) is 0 Å². The molecule has 0 saturated carbocycles. The van der Waals surface area contributed by atoms with Gasteiger partial charge < -0.3 is 4.90 Å². The number of nitrogens with zero attached hydrogens (tertiary/aromatic N) is 1. The van der Waals surface area contributed by atoms with Crippen LogP contribution in [-0.2, 0) is 4.79 Å². The second-order valence-electron chi connectivity index (χ2n) is 4.00. The van der Waals surface area contributed by atoms with Gasteiger partial charge in [0.15, 0.2) is 0 Å². The van der Waals surface area contributed by atoms with Crippen molar-refractivity contribution in [2.24, 2.45) is 0 Å². The van der Waals surface area contributed by atoms with E-state index in [9.17, 15) is 4.79 Å². The molecular formula is C11H20BrNO. The van der Waals surface area contributed by atoms with Crippen LogP contribution in [0, 0.1) is 0 Å². The number of unbranched alkanes of at least 4 members (excludes halogenated alkanes) is 3. The molecule has 0 aromatic rings. The van der Waals surface area contributed by atoms with Crippen molar-refractivity contribution in [3.8, 4) is 0 Å². The maximum absolute atomic E-state index is 11.7. The average Bonchev–Trinajstić information content (AvgIpc) is 2.19. The summed E-state index contributed by atoms with van der Waals surface area (Å²) in [6, 6.07) is 0. The maximum Gasteiger partial charge on any atom is 0.236 e. The molecule has 14 heavy (non-hydrogen) atoms. The summed E-state index contributed by atoms with van der Waals surface area (Å²) >= 11 is 3.43. The molecule has 3 heteroatoms. The van der Waals surface area contributed by atoms with E-state index in [-0.39, 0.29) is 4.83 Å². The molecule has 0 spiro atoms. The molecule has 2 nitrogen and oxygen atoms in total. The van der Waals surface area contributed by atoms with Crippen LogP contribution < -0.4 is 0 Å². The van der Waals surface area contributed by atoms with Gasteiger partial charge in [-0.15, -0.1) is 0 Å². The molecule has 0 bridgehead atoms. The second kappa shape index (κ2) is 6.44. The lowest BCUT2D eigenvalue weighted by molar-refractivity contribution is -0.132. The van der Waals surface area contributed by atoms with Crippen molar-refractivity contribution >= 4 is 21.8 Å². The zero-order chi connectivity index (χ0) is 10.4. The smallest absolute Gasteiger partial charge is 0.236 e. The Morgan fingerprint density at radius 3 is 2.93 bits per heavy atom. The third kappa shape index (κ3) is 3.60. The number of halogens is 1. The van der Waals surface area contributed by atoms with E-state index in [4.69, 9.17) is 0 Å². The summed E-state index contributed by atoms with van der Waals surface area (Å²) in [5.41, 5.74) is 0. The highest BCUT2D eigenvalue weighted by molar-refractivity contribution is 9.10. The molecule has 1 unspecified atom stereocenters. The van der Waals surface area contributed by atoms with Crippen molar-refractivity contribution in [1.29, 1.82) is 0 Å². The van der Waals surface area contributed by atoms with Gasteiger partial charge in [0, 0.05) is 13.1 Å². The SMILES string of the molecule is CCCCCCN1CCCC(Br)C1=O. The van der Waals surface area contributed by atoms with E-state index >= 15 is 0 Å². The highest BCUT2D eigenvalue weighted by Gasteiger charge is 2.25. The number of hydrogen-bond acceptors (Lipinski definition) is 1. The molecular weight excluding hydrogens is 242 g/mol. The van der Waals surface area contributed by atoms with Crippen LogP contribution in [0.2, 0.25) is 0 Å². The fourth-order valence-corrected chi connectivity index (χ4v) is 2.46. The molecule has 1 fully saturated rings. The van der Waals surface area contributed by atoms with Crippen molar-refractivity contribution in [3.63, 3.8) is 0 Å². The Balaban J connectivity index is 2.19. The summed E-state index contributed by atoms with van der Waals surface area (Å²) < 4.78 is 0. The Labute approximate surface area is 95.2 Å². The number of amides is 1. The molecule has 1 amide bonds. The number of likely N-dealkylation sites (tertiary alicyclic amines) is 1. The summed E-state index contributed by atoms with van der Waals surface area (Å²) in [4.78, 5) is 13.8. The van der Waals surface area contributed by atoms with Crippen LogP contribution in [0.5, 0.6) is 0 Å². The molecule has 0 aliphatic carbocycles. The molecule has 0 N–H and O–H groups in total. The van der Waals surface area contributed by atoms with Crippen molar-refractivity contribution in [2.75, 3.05) is 13.1 Å². The molecule has 1 aliphatic rings. The fourth-order valence-electron chi connectivity index (χ4n) is 1.84. The lowest BCUT2D eigenvalue weighted by Crippen LogP contribution is -2.42. The Morgan fingerprint density at radius 1 is 1.43 bits per heavy atom. The molecule has 0 aromatic heterocycles. The largest absolute Gasteiger partial charge is 0.342 e. The Hall–Kier alpha value is -0.0500. The lowest BCUT2D eigenvalue weighted by atomic mass is 10.1. The minimum atomic E-state index is 0.0856. The third-order valence-electron chi connectivity index (χ3n) is 2.75. The van der Waals surface area contributed by atoms with Gasteiger partial charge in [-0.05, 0) is 19.3 Å². The molecule has 1 aliphatic heterocycles. The third-order valence-corrected chi connectivity index (χ3v) is 3.60. The van der Waals surface area contributed by atoms with Gasteiger partial charge in [0.1, 0.15) is 0 Å². The second-order valence-corrected chi connectivity index (χ2v) is 5.10. The van der Waals surface area contributed by atoms with Crippen molar-refractivity contribution < 1.29 is 4.79 Å². The summed E-state index contributed by atoms with van der Waals surface area (Å²) in [6.45, 7) is 4.13. The summed E-state index contributed by atoms with van der Waals surface area (Å²) in [5.74, 6) is 0.299. The van der Waals surface area contributed by atoms with Crippen LogP contribution in [0.4, 0.5) is 0 Å². The predicted octanol–water partition coefficient (Wildman–Crippen LogP) is 2.95. The minimum absolute atomic E-state index is 0.0856. The van der Waals surface area contributed by atoms with Gasteiger partial charge in [-0.1, -0.05) is 42.1 Å². The summed E-state index contributed by atoms with van der Waals surface area (Å²) in [5, 5.41) is 0. The van der Waals surface area contributed by atoms with Gasteiger partial charge in [0.25, 0.3) is 0 Å². The van der Waals surface area contributed by atoms with Crippen LogP contribution >= 0.6 is 15.9 Å². The first-order valence-electron chi connectivity index (χ1n) is 5.68. The monoisotopic (exact) mass is 261 g/mol. The van der Waals surface area contributed by atoms with E-state index in [1.54, 1.807) is 0 Å². The minimum Gasteiger partial charge on any atom is -0.342 e. The molecule has 0 radical (unpaired) electrons. The Morgan fingerprint density at radius 2 is 2.21 bits per heavy atom.